The fourth-order valence-electron chi connectivity index (χ4n) is 3.97. The third kappa shape index (κ3) is 3.49. The maximum absolute atomic E-state index is 13.2. The summed E-state index contributed by atoms with van der Waals surface area (Å²) in [5.74, 6) is -0.219. The van der Waals surface area contributed by atoms with Gasteiger partial charge in [-0.2, -0.15) is 4.31 Å². The molecular weight excluding hydrogens is 366 g/mol. The van der Waals surface area contributed by atoms with E-state index in [0.29, 0.717) is 44.2 Å². The molecule has 2 aromatic rings. The second-order valence-electron chi connectivity index (χ2n) is 7.29. The summed E-state index contributed by atoms with van der Waals surface area (Å²) in [5.41, 5.74) is 0.993. The highest BCUT2D eigenvalue weighted by Gasteiger charge is 2.35. The molecule has 0 unspecified atom stereocenters. The highest BCUT2D eigenvalue weighted by Crippen LogP contribution is 2.27. The van der Waals surface area contributed by atoms with Crippen LogP contribution in [0, 0.1) is 5.92 Å². The highest BCUT2D eigenvalue weighted by molar-refractivity contribution is 7.89. The molecule has 0 saturated carbocycles. The largest absolute Gasteiger partial charge is 0.378 e. The van der Waals surface area contributed by atoms with Crippen molar-refractivity contribution in [1.29, 1.82) is 0 Å². The lowest BCUT2D eigenvalue weighted by Crippen LogP contribution is -2.49. The summed E-state index contributed by atoms with van der Waals surface area (Å²) in [7, 11) is -1.68. The van der Waals surface area contributed by atoms with Gasteiger partial charge in [-0.1, -0.05) is 0 Å². The van der Waals surface area contributed by atoms with Crippen LogP contribution in [0.5, 0.6) is 0 Å². The van der Waals surface area contributed by atoms with Crippen molar-refractivity contribution in [1.82, 2.24) is 13.8 Å². The molecule has 3 heterocycles. The third-order valence-corrected chi connectivity index (χ3v) is 7.41. The standard InChI is InChI=1S/C19H25N3O4S/c1-20-8-6-15-13-17(4-5-18(15)20)27(24,25)22-7-2-3-16(14-22)19(23)21-9-11-26-12-10-21/h4-6,8,13,16H,2-3,7,9-12,14H2,1H3/t16-/m1/s1. The molecule has 8 heteroatoms. The minimum atomic E-state index is -3.61. The summed E-state index contributed by atoms with van der Waals surface area (Å²) < 4.78 is 35.1. The lowest BCUT2D eigenvalue weighted by Gasteiger charge is -2.35. The fourth-order valence-corrected chi connectivity index (χ4v) is 5.53. The molecule has 27 heavy (non-hydrogen) atoms. The molecule has 146 valence electrons. The number of piperidine rings is 1. The molecule has 2 aliphatic rings. The molecule has 1 aromatic carbocycles. The van der Waals surface area contributed by atoms with Crippen LogP contribution in [0.25, 0.3) is 10.9 Å². The molecule has 1 aromatic heterocycles. The average Bonchev–Trinajstić information content (AvgIpc) is 3.08. The van der Waals surface area contributed by atoms with Gasteiger partial charge in [-0.05, 0) is 37.1 Å². The number of nitrogens with zero attached hydrogens (tertiary/aromatic N) is 3. The Kier molecular flexibility index (Phi) is 4.96. The van der Waals surface area contributed by atoms with Gasteiger partial charge in [0.2, 0.25) is 15.9 Å². The van der Waals surface area contributed by atoms with E-state index in [2.05, 4.69) is 0 Å². The Morgan fingerprint density at radius 3 is 2.70 bits per heavy atom. The Hall–Kier alpha value is -1.90. The number of morpholine rings is 1. The lowest BCUT2D eigenvalue weighted by molar-refractivity contribution is -0.140. The molecule has 4 rings (SSSR count). The van der Waals surface area contributed by atoms with E-state index in [-0.39, 0.29) is 18.4 Å². The van der Waals surface area contributed by atoms with Crippen LogP contribution >= 0.6 is 0 Å². The van der Waals surface area contributed by atoms with Crippen LogP contribution in [-0.4, -0.2) is 67.5 Å². The zero-order valence-electron chi connectivity index (χ0n) is 15.5. The maximum atomic E-state index is 13.2. The number of carbonyl (C=O) groups is 1. The third-order valence-electron chi connectivity index (χ3n) is 5.55. The molecule has 2 fully saturated rings. The Morgan fingerprint density at radius 1 is 1.15 bits per heavy atom. The molecule has 0 bridgehead atoms. The predicted octanol–water partition coefficient (Wildman–Crippen LogP) is 1.44. The first-order chi connectivity index (χ1) is 13.0. The van der Waals surface area contributed by atoms with Gasteiger partial charge in [-0.25, -0.2) is 8.42 Å². The van der Waals surface area contributed by atoms with Crippen molar-refractivity contribution >= 4 is 26.8 Å². The summed E-state index contributed by atoms with van der Waals surface area (Å²) in [6.07, 6.45) is 3.35. The van der Waals surface area contributed by atoms with E-state index in [4.69, 9.17) is 4.74 Å². The van der Waals surface area contributed by atoms with Gasteiger partial charge < -0.3 is 14.2 Å². The number of benzene rings is 1. The number of amides is 1. The summed E-state index contributed by atoms with van der Waals surface area (Å²) in [6, 6.07) is 7.13. The number of aromatic nitrogens is 1. The number of hydrogen-bond acceptors (Lipinski definition) is 4. The van der Waals surface area contributed by atoms with Crippen LogP contribution in [0.15, 0.2) is 35.4 Å². The van der Waals surface area contributed by atoms with Crippen molar-refractivity contribution < 1.29 is 17.9 Å². The second kappa shape index (κ2) is 7.26. The number of ether oxygens (including phenoxy) is 1. The van der Waals surface area contributed by atoms with Crippen molar-refractivity contribution in [2.24, 2.45) is 13.0 Å². The van der Waals surface area contributed by atoms with Gasteiger partial charge in [0, 0.05) is 50.3 Å². The van der Waals surface area contributed by atoms with Crippen molar-refractivity contribution in [2.45, 2.75) is 17.7 Å². The smallest absolute Gasteiger partial charge is 0.243 e. The van der Waals surface area contributed by atoms with Crippen molar-refractivity contribution in [2.75, 3.05) is 39.4 Å². The number of rotatable bonds is 3. The number of carbonyl (C=O) groups excluding carboxylic acids is 1. The van der Waals surface area contributed by atoms with Gasteiger partial charge in [0.15, 0.2) is 0 Å². The van der Waals surface area contributed by atoms with E-state index in [1.165, 1.54) is 4.31 Å². The van der Waals surface area contributed by atoms with Crippen LogP contribution in [0.4, 0.5) is 0 Å². The second-order valence-corrected chi connectivity index (χ2v) is 9.23. The van der Waals surface area contributed by atoms with E-state index >= 15 is 0 Å². The van der Waals surface area contributed by atoms with Crippen LogP contribution in [-0.2, 0) is 26.6 Å². The monoisotopic (exact) mass is 391 g/mol. The zero-order valence-corrected chi connectivity index (χ0v) is 16.3. The normalized spacial score (nSPS) is 22.3. The first-order valence-corrected chi connectivity index (χ1v) is 10.8. The maximum Gasteiger partial charge on any atom is 0.243 e. The number of hydrogen-bond donors (Lipinski definition) is 0. The highest BCUT2D eigenvalue weighted by atomic mass is 32.2. The molecule has 0 radical (unpaired) electrons. The van der Waals surface area contributed by atoms with Gasteiger partial charge in [-0.3, -0.25) is 4.79 Å². The molecule has 2 saturated heterocycles. The Balaban J connectivity index is 1.54. The van der Waals surface area contributed by atoms with Gasteiger partial charge in [0.1, 0.15) is 0 Å². The van der Waals surface area contributed by atoms with Gasteiger partial charge in [0.05, 0.1) is 24.0 Å². The predicted molar refractivity (Wildman–Crippen MR) is 102 cm³/mol. The number of sulfonamides is 1. The molecule has 0 aliphatic carbocycles. The first-order valence-electron chi connectivity index (χ1n) is 9.38. The summed E-state index contributed by atoms with van der Waals surface area (Å²) in [4.78, 5) is 14.9. The topological polar surface area (TPSA) is 71.9 Å². The fraction of sp³-hybridized carbons (Fsp3) is 0.526. The van der Waals surface area contributed by atoms with Crippen LogP contribution in [0.2, 0.25) is 0 Å². The zero-order chi connectivity index (χ0) is 19.0. The SMILES string of the molecule is Cn1ccc2cc(S(=O)(=O)N3CCC[C@@H](C(=O)N4CCOCC4)C3)ccc21. The molecule has 7 nitrogen and oxygen atoms in total. The van der Waals surface area contributed by atoms with E-state index in [9.17, 15) is 13.2 Å². The molecule has 0 N–H and O–H groups in total. The van der Waals surface area contributed by atoms with E-state index < -0.39 is 10.0 Å². The van der Waals surface area contributed by atoms with Gasteiger partial charge in [0.25, 0.3) is 0 Å². The molecular formula is C19H25N3O4S. The van der Waals surface area contributed by atoms with Crippen molar-refractivity contribution in [3.8, 4) is 0 Å². The Bertz CT molecular complexity index is 947. The summed E-state index contributed by atoms with van der Waals surface area (Å²) in [5, 5.41) is 0.900. The van der Waals surface area contributed by atoms with E-state index in [1.807, 2.05) is 29.9 Å². The molecule has 2 aliphatic heterocycles. The quantitative estimate of drug-likeness (QED) is 0.794. The van der Waals surface area contributed by atoms with Gasteiger partial charge in [-0.15, -0.1) is 0 Å². The van der Waals surface area contributed by atoms with Crippen LogP contribution in [0.1, 0.15) is 12.8 Å². The average molecular weight is 391 g/mol. The number of fused-ring (bicyclic) bond motifs is 1. The van der Waals surface area contributed by atoms with Crippen LogP contribution in [0.3, 0.4) is 0 Å². The molecule has 1 amide bonds. The first kappa shape index (κ1) is 18.5. The van der Waals surface area contributed by atoms with Crippen LogP contribution < -0.4 is 0 Å². The Labute approximate surface area is 159 Å². The molecule has 1 atom stereocenters. The van der Waals surface area contributed by atoms with Crippen molar-refractivity contribution in [3.05, 3.63) is 30.5 Å². The lowest BCUT2D eigenvalue weighted by atomic mass is 9.98. The van der Waals surface area contributed by atoms with Gasteiger partial charge >= 0.3 is 0 Å². The summed E-state index contributed by atoms with van der Waals surface area (Å²) in [6.45, 7) is 3.00. The minimum Gasteiger partial charge on any atom is -0.378 e. The summed E-state index contributed by atoms with van der Waals surface area (Å²) >= 11 is 0. The van der Waals surface area contributed by atoms with Crippen molar-refractivity contribution in [3.63, 3.8) is 0 Å². The Morgan fingerprint density at radius 2 is 1.93 bits per heavy atom. The number of aryl methyl sites for hydroxylation is 1. The minimum absolute atomic E-state index is 0.0525. The molecule has 0 spiro atoms. The van der Waals surface area contributed by atoms with E-state index in [1.54, 1.807) is 17.0 Å². The van der Waals surface area contributed by atoms with E-state index in [0.717, 1.165) is 17.3 Å².